The average Bonchev–Trinajstić information content (AvgIpc) is 3.41. The Hall–Kier alpha value is -3.15. The summed E-state index contributed by atoms with van der Waals surface area (Å²) < 4.78 is 14.0. The molecular formula is C29H30N4O4S2. The van der Waals surface area contributed by atoms with Crippen LogP contribution in [0, 0.1) is 12.8 Å². The monoisotopic (exact) mass is 562 g/mol. The maximum atomic E-state index is 12.4. The van der Waals surface area contributed by atoms with Gasteiger partial charge in [-0.3, -0.25) is 9.78 Å². The fourth-order valence-corrected chi connectivity index (χ4v) is 6.38. The summed E-state index contributed by atoms with van der Waals surface area (Å²) in [5, 5.41) is 21.7. The molecule has 0 spiro atoms. The number of benzene rings is 2. The number of ether oxygens (including phenoxy) is 2. The molecule has 1 saturated heterocycles. The lowest BCUT2D eigenvalue weighted by atomic mass is 9.91. The number of pyridine rings is 1. The van der Waals surface area contributed by atoms with Gasteiger partial charge in [0.1, 0.15) is 5.01 Å². The Bertz CT molecular complexity index is 1370. The molecule has 1 aliphatic rings. The predicted molar refractivity (Wildman–Crippen MR) is 150 cm³/mol. The van der Waals surface area contributed by atoms with Crippen molar-refractivity contribution in [2.75, 3.05) is 5.75 Å². The minimum absolute atomic E-state index is 0.00264. The smallest absolute Gasteiger partial charge is 0.253 e. The van der Waals surface area contributed by atoms with E-state index in [1.807, 2.05) is 55.5 Å². The van der Waals surface area contributed by atoms with Crippen molar-refractivity contribution >= 4 is 29.0 Å². The number of hydrogen-bond donors (Lipinski definition) is 2. The zero-order chi connectivity index (χ0) is 27.2. The van der Waals surface area contributed by atoms with Crippen LogP contribution in [0.25, 0.3) is 0 Å². The van der Waals surface area contributed by atoms with Crippen LogP contribution in [-0.4, -0.2) is 38.1 Å². The predicted octanol–water partition coefficient (Wildman–Crippen LogP) is 5.25. The lowest BCUT2D eigenvalue weighted by Gasteiger charge is -2.41. The molecule has 1 fully saturated rings. The van der Waals surface area contributed by atoms with Crippen molar-refractivity contribution < 1.29 is 19.4 Å². The normalized spacial score (nSPS) is 21.0. The van der Waals surface area contributed by atoms with Gasteiger partial charge in [-0.1, -0.05) is 78.6 Å². The fraction of sp³-hybridized carbons (Fsp3) is 0.310. The third-order valence-corrected chi connectivity index (χ3v) is 8.69. The van der Waals surface area contributed by atoms with Gasteiger partial charge < -0.3 is 19.9 Å². The Morgan fingerprint density at radius 3 is 2.44 bits per heavy atom. The second kappa shape index (κ2) is 12.8. The van der Waals surface area contributed by atoms with Crippen LogP contribution >= 0.6 is 23.1 Å². The molecule has 1 amide bonds. The molecule has 0 radical (unpaired) electrons. The van der Waals surface area contributed by atoms with Crippen LogP contribution in [-0.2, 0) is 22.6 Å². The third-order valence-electron chi connectivity index (χ3n) is 6.63. The van der Waals surface area contributed by atoms with Crippen molar-refractivity contribution in [2.24, 2.45) is 5.92 Å². The van der Waals surface area contributed by atoms with E-state index >= 15 is 0 Å². The van der Waals surface area contributed by atoms with Gasteiger partial charge in [0.05, 0.1) is 24.4 Å². The van der Waals surface area contributed by atoms with Gasteiger partial charge in [0.15, 0.2) is 10.6 Å². The van der Waals surface area contributed by atoms with Crippen LogP contribution < -0.4 is 5.32 Å². The lowest BCUT2D eigenvalue weighted by Crippen LogP contribution is -2.38. The molecule has 0 bridgehead atoms. The summed E-state index contributed by atoms with van der Waals surface area (Å²) in [6, 6.07) is 19.3. The molecule has 0 saturated carbocycles. The summed E-state index contributed by atoms with van der Waals surface area (Å²) in [7, 11) is 0. The first-order chi connectivity index (χ1) is 19.0. The highest BCUT2D eigenvalue weighted by molar-refractivity contribution is 8.01. The number of aryl methyl sites for hydroxylation is 1. The number of carbonyl (C=O) groups is 1. The molecule has 8 nitrogen and oxygen atoms in total. The quantitative estimate of drug-likeness (QED) is 0.267. The number of nitrogens with zero attached hydrogens (tertiary/aromatic N) is 3. The van der Waals surface area contributed by atoms with E-state index in [9.17, 15) is 9.90 Å². The third kappa shape index (κ3) is 6.90. The topological polar surface area (TPSA) is 106 Å². The van der Waals surface area contributed by atoms with Crippen molar-refractivity contribution in [1.29, 1.82) is 0 Å². The lowest BCUT2D eigenvalue weighted by molar-refractivity contribution is -0.268. The van der Waals surface area contributed by atoms with Crippen molar-refractivity contribution in [3.63, 3.8) is 0 Å². The van der Waals surface area contributed by atoms with E-state index in [-0.39, 0.29) is 30.6 Å². The Morgan fingerprint density at radius 2 is 1.77 bits per heavy atom. The van der Waals surface area contributed by atoms with E-state index in [4.69, 9.17) is 9.47 Å². The van der Waals surface area contributed by atoms with Crippen molar-refractivity contribution in [3.8, 4) is 0 Å². The highest BCUT2D eigenvalue weighted by atomic mass is 32.2. The van der Waals surface area contributed by atoms with Crippen LogP contribution in [0.4, 0.5) is 0 Å². The summed E-state index contributed by atoms with van der Waals surface area (Å²) in [4.78, 5) is 16.4. The molecular weight excluding hydrogens is 532 g/mol. The molecule has 202 valence electrons. The average molecular weight is 563 g/mol. The van der Waals surface area contributed by atoms with Crippen LogP contribution in [0.1, 0.15) is 56.9 Å². The summed E-state index contributed by atoms with van der Waals surface area (Å²) in [5.41, 5.74) is 4.31. The van der Waals surface area contributed by atoms with Crippen LogP contribution in [0.15, 0.2) is 77.4 Å². The van der Waals surface area contributed by atoms with Gasteiger partial charge in [-0.25, -0.2) is 0 Å². The molecule has 39 heavy (non-hydrogen) atoms. The summed E-state index contributed by atoms with van der Waals surface area (Å²) in [6.07, 6.45) is 2.37. The molecule has 10 heteroatoms. The second-order valence-electron chi connectivity index (χ2n) is 9.39. The van der Waals surface area contributed by atoms with Gasteiger partial charge in [-0.2, -0.15) is 0 Å². The number of aliphatic hydroxyl groups is 1. The fourth-order valence-electron chi connectivity index (χ4n) is 4.37. The number of aromatic nitrogens is 3. The van der Waals surface area contributed by atoms with E-state index in [0.717, 1.165) is 37.4 Å². The van der Waals surface area contributed by atoms with Gasteiger partial charge in [0, 0.05) is 36.2 Å². The first kappa shape index (κ1) is 27.4. The highest BCUT2D eigenvalue weighted by Gasteiger charge is 2.38. The molecule has 5 rings (SSSR count). The molecule has 2 aromatic carbocycles. The molecule has 2 aromatic heterocycles. The number of thioether (sulfide) groups is 1. The Labute approximate surface area is 235 Å². The Kier molecular flexibility index (Phi) is 9.00. The summed E-state index contributed by atoms with van der Waals surface area (Å²) in [6.45, 7) is 4.50. The van der Waals surface area contributed by atoms with E-state index < -0.39 is 6.29 Å². The van der Waals surface area contributed by atoms with E-state index in [1.54, 1.807) is 47.6 Å². The van der Waals surface area contributed by atoms with E-state index in [2.05, 4.69) is 27.4 Å². The first-order valence-corrected chi connectivity index (χ1v) is 14.5. The molecule has 1 aliphatic heterocycles. The van der Waals surface area contributed by atoms with Crippen LogP contribution in [0.2, 0.25) is 0 Å². The van der Waals surface area contributed by atoms with Gasteiger partial charge in [-0.05, 0) is 35.7 Å². The summed E-state index contributed by atoms with van der Waals surface area (Å²) >= 11 is 3.23. The SMILES string of the molecule is Cc1nnc(SC[C@H]2O[C@@H](c3ccc(CNC(=O)c4cccnc4)cc3)O[C@@H](c3ccc(CO)cc3)[C@H]2C)s1. The molecule has 3 heterocycles. The second-order valence-corrected chi connectivity index (χ2v) is 11.8. The minimum Gasteiger partial charge on any atom is -0.392 e. The van der Waals surface area contributed by atoms with Crippen molar-refractivity contribution in [2.45, 2.75) is 49.8 Å². The number of nitrogens with one attached hydrogen (secondary N) is 1. The molecule has 4 atom stereocenters. The number of carbonyl (C=O) groups excluding carboxylic acids is 1. The van der Waals surface area contributed by atoms with E-state index in [1.165, 1.54) is 0 Å². The number of aliphatic hydroxyl groups excluding tert-OH is 1. The maximum Gasteiger partial charge on any atom is 0.253 e. The highest BCUT2D eigenvalue weighted by Crippen LogP contribution is 2.43. The Balaban J connectivity index is 1.30. The molecule has 4 aromatic rings. The zero-order valence-corrected chi connectivity index (χ0v) is 23.3. The van der Waals surface area contributed by atoms with Crippen LogP contribution in [0.3, 0.4) is 0 Å². The molecule has 0 unspecified atom stereocenters. The molecule has 2 N–H and O–H groups in total. The Morgan fingerprint density at radius 1 is 1.03 bits per heavy atom. The largest absolute Gasteiger partial charge is 0.392 e. The summed E-state index contributed by atoms with van der Waals surface area (Å²) in [5.74, 6) is 0.644. The zero-order valence-electron chi connectivity index (χ0n) is 21.7. The van der Waals surface area contributed by atoms with Crippen molar-refractivity contribution in [1.82, 2.24) is 20.5 Å². The first-order valence-electron chi connectivity index (χ1n) is 12.7. The van der Waals surface area contributed by atoms with Gasteiger partial charge in [0.2, 0.25) is 0 Å². The van der Waals surface area contributed by atoms with E-state index in [0.29, 0.717) is 12.1 Å². The van der Waals surface area contributed by atoms with Gasteiger partial charge in [-0.15, -0.1) is 10.2 Å². The number of rotatable bonds is 9. The minimum atomic E-state index is -0.551. The van der Waals surface area contributed by atoms with Gasteiger partial charge in [0.25, 0.3) is 5.91 Å². The maximum absolute atomic E-state index is 12.4. The molecule has 0 aliphatic carbocycles. The number of hydrogen-bond acceptors (Lipinski definition) is 9. The van der Waals surface area contributed by atoms with Crippen molar-refractivity contribution in [3.05, 3.63) is 106 Å². The van der Waals surface area contributed by atoms with Gasteiger partial charge >= 0.3 is 0 Å². The van der Waals surface area contributed by atoms with Crippen LogP contribution in [0.5, 0.6) is 0 Å². The standard InChI is InChI=1S/C29H30N4O4S2/c1-18-25(17-38-29-33-32-19(2)39-29)36-28(37-26(18)22-9-7-21(16-34)8-10-22)23-11-5-20(6-12-23)14-31-27(35)24-4-3-13-30-15-24/h3-13,15,18,25-26,28,34H,14,16-17H2,1-2H3,(H,31,35)/t18-,25+,26+,28+/m0/s1. The number of amides is 1.